The Kier molecular flexibility index (Phi) is 3.79. The average Bonchev–Trinajstić information content (AvgIpc) is 2.58. The van der Waals surface area contributed by atoms with Crippen LogP contribution in [0.1, 0.15) is 62.3 Å². The molecule has 0 spiro atoms. The van der Waals surface area contributed by atoms with Crippen molar-refractivity contribution in [3.63, 3.8) is 0 Å². The maximum Gasteiger partial charge on any atom is 0.124 e. The molecule has 0 aromatic heterocycles. The molecule has 0 saturated heterocycles. The van der Waals surface area contributed by atoms with E-state index in [1.54, 1.807) is 5.56 Å². The fourth-order valence-electron chi connectivity index (χ4n) is 3.38. The summed E-state index contributed by atoms with van der Waals surface area (Å²) in [4.78, 5) is 0. The van der Waals surface area contributed by atoms with Gasteiger partial charge in [-0.05, 0) is 55.7 Å². The van der Waals surface area contributed by atoms with Crippen molar-refractivity contribution >= 4 is 0 Å². The van der Waals surface area contributed by atoms with E-state index in [2.05, 4.69) is 31.3 Å². The zero-order chi connectivity index (χ0) is 13.2. The predicted molar refractivity (Wildman–Crippen MR) is 78.8 cm³/mol. The van der Waals surface area contributed by atoms with Crippen molar-refractivity contribution in [3.8, 4) is 5.75 Å². The zero-order valence-electron chi connectivity index (χ0n) is 12.2. The molecule has 1 aromatic carbocycles. The van der Waals surface area contributed by atoms with Crippen LogP contribution in [0.15, 0.2) is 12.1 Å². The molecule has 104 valence electrons. The summed E-state index contributed by atoms with van der Waals surface area (Å²) in [6.45, 7) is 5.32. The van der Waals surface area contributed by atoms with Crippen molar-refractivity contribution in [2.75, 3.05) is 6.61 Å². The number of hydrogen-bond acceptors (Lipinski definition) is 2. The van der Waals surface area contributed by atoms with Crippen molar-refractivity contribution in [2.45, 2.75) is 64.5 Å². The molecule has 2 nitrogen and oxygen atoms in total. The Balaban J connectivity index is 1.97. The van der Waals surface area contributed by atoms with Gasteiger partial charge in [0.25, 0.3) is 0 Å². The van der Waals surface area contributed by atoms with Crippen LogP contribution in [-0.2, 0) is 12.8 Å². The minimum atomic E-state index is 0.463. The van der Waals surface area contributed by atoms with E-state index < -0.39 is 0 Å². The van der Waals surface area contributed by atoms with Gasteiger partial charge in [-0.1, -0.05) is 19.9 Å². The van der Waals surface area contributed by atoms with Gasteiger partial charge in [-0.2, -0.15) is 0 Å². The van der Waals surface area contributed by atoms with Crippen LogP contribution in [-0.4, -0.2) is 12.6 Å². The van der Waals surface area contributed by atoms with Crippen LogP contribution in [0.4, 0.5) is 0 Å². The number of aryl methyl sites for hydroxylation is 2. The van der Waals surface area contributed by atoms with Gasteiger partial charge in [0.2, 0.25) is 0 Å². The second-order valence-corrected chi connectivity index (χ2v) is 6.23. The molecule has 0 amide bonds. The Morgan fingerprint density at radius 1 is 1.11 bits per heavy atom. The van der Waals surface area contributed by atoms with E-state index in [1.165, 1.54) is 43.2 Å². The Morgan fingerprint density at radius 2 is 1.84 bits per heavy atom. The van der Waals surface area contributed by atoms with Crippen molar-refractivity contribution in [2.24, 2.45) is 0 Å². The van der Waals surface area contributed by atoms with Crippen LogP contribution in [0.2, 0.25) is 0 Å². The normalized spacial score (nSPS) is 22.4. The monoisotopic (exact) mass is 259 g/mol. The van der Waals surface area contributed by atoms with Crippen LogP contribution < -0.4 is 10.1 Å². The Bertz CT molecular complexity index is 453. The lowest BCUT2D eigenvalue weighted by molar-refractivity contribution is 0.314. The molecule has 1 unspecified atom stereocenters. The molecule has 0 bridgehead atoms. The highest BCUT2D eigenvalue weighted by molar-refractivity contribution is 5.46. The molecule has 2 heteroatoms. The van der Waals surface area contributed by atoms with Crippen LogP contribution in [0.3, 0.4) is 0 Å². The molecule has 19 heavy (non-hydrogen) atoms. The highest BCUT2D eigenvalue weighted by atomic mass is 16.5. The van der Waals surface area contributed by atoms with Gasteiger partial charge in [0.05, 0.1) is 6.61 Å². The van der Waals surface area contributed by atoms with Gasteiger partial charge in [-0.3, -0.25) is 0 Å². The average molecular weight is 259 g/mol. The number of hydrogen-bond donors (Lipinski definition) is 1. The summed E-state index contributed by atoms with van der Waals surface area (Å²) >= 11 is 0. The lowest BCUT2D eigenvalue weighted by atomic mass is 9.88. The molecule has 3 rings (SSSR count). The van der Waals surface area contributed by atoms with Crippen LogP contribution >= 0.6 is 0 Å². The standard InChI is InChI=1S/C17H25NO/c1-12(2)18-16-8-5-9-19-17-11-14-7-4-3-6-13(14)10-15(16)17/h10-12,16,18H,3-9H2,1-2H3. The van der Waals surface area contributed by atoms with Crippen molar-refractivity contribution < 1.29 is 4.74 Å². The van der Waals surface area contributed by atoms with Gasteiger partial charge < -0.3 is 10.1 Å². The maximum absolute atomic E-state index is 5.99. The summed E-state index contributed by atoms with van der Waals surface area (Å²) < 4.78 is 5.99. The SMILES string of the molecule is CC(C)NC1CCCOc2cc3c(cc21)CCCC3. The summed E-state index contributed by atoms with van der Waals surface area (Å²) in [6, 6.07) is 5.73. The first-order valence-electron chi connectivity index (χ1n) is 7.78. The van der Waals surface area contributed by atoms with Crippen LogP contribution in [0, 0.1) is 0 Å². The number of ether oxygens (including phenoxy) is 1. The van der Waals surface area contributed by atoms with Crippen LogP contribution in [0.25, 0.3) is 0 Å². The maximum atomic E-state index is 5.99. The van der Waals surface area contributed by atoms with Crippen molar-refractivity contribution in [3.05, 3.63) is 28.8 Å². The topological polar surface area (TPSA) is 21.3 Å². The van der Waals surface area contributed by atoms with Crippen molar-refractivity contribution in [1.29, 1.82) is 0 Å². The van der Waals surface area contributed by atoms with Gasteiger partial charge in [0, 0.05) is 17.6 Å². The molecule has 1 aliphatic carbocycles. The number of rotatable bonds is 2. The third-order valence-corrected chi connectivity index (χ3v) is 4.28. The van der Waals surface area contributed by atoms with E-state index in [1.807, 2.05) is 0 Å². The van der Waals surface area contributed by atoms with E-state index in [0.717, 1.165) is 18.8 Å². The van der Waals surface area contributed by atoms with E-state index in [4.69, 9.17) is 4.74 Å². The molecule has 0 fully saturated rings. The van der Waals surface area contributed by atoms with Crippen molar-refractivity contribution in [1.82, 2.24) is 5.32 Å². The van der Waals surface area contributed by atoms with E-state index in [0.29, 0.717) is 12.1 Å². The fraction of sp³-hybridized carbons (Fsp3) is 0.647. The molecule has 0 saturated carbocycles. The second-order valence-electron chi connectivity index (χ2n) is 6.23. The van der Waals surface area contributed by atoms with Gasteiger partial charge in [0.1, 0.15) is 5.75 Å². The summed E-state index contributed by atoms with van der Waals surface area (Å²) in [5, 5.41) is 3.70. The van der Waals surface area contributed by atoms with Gasteiger partial charge in [-0.15, -0.1) is 0 Å². The Labute approximate surface area is 116 Å². The predicted octanol–water partition coefficient (Wildman–Crippen LogP) is 3.78. The van der Waals surface area contributed by atoms with Gasteiger partial charge in [-0.25, -0.2) is 0 Å². The molecular formula is C17H25NO. The summed E-state index contributed by atoms with van der Waals surface area (Å²) in [6.07, 6.45) is 7.48. The van der Waals surface area contributed by atoms with Crippen LogP contribution in [0.5, 0.6) is 5.75 Å². The third kappa shape index (κ3) is 2.79. The molecule has 1 N–H and O–H groups in total. The zero-order valence-corrected chi connectivity index (χ0v) is 12.2. The number of benzene rings is 1. The largest absolute Gasteiger partial charge is 0.493 e. The minimum absolute atomic E-state index is 0.463. The van der Waals surface area contributed by atoms with E-state index in [-0.39, 0.29) is 0 Å². The molecule has 0 radical (unpaired) electrons. The molecular weight excluding hydrogens is 234 g/mol. The molecule has 1 aromatic rings. The molecule has 1 aliphatic heterocycles. The first-order chi connectivity index (χ1) is 9.24. The Hall–Kier alpha value is -1.02. The minimum Gasteiger partial charge on any atom is -0.493 e. The first kappa shape index (κ1) is 13.0. The smallest absolute Gasteiger partial charge is 0.124 e. The summed E-state index contributed by atoms with van der Waals surface area (Å²) in [5.41, 5.74) is 4.48. The fourth-order valence-corrected chi connectivity index (χ4v) is 3.38. The highest BCUT2D eigenvalue weighted by Crippen LogP contribution is 2.36. The summed E-state index contributed by atoms with van der Waals surface area (Å²) in [5.74, 6) is 1.14. The number of fused-ring (bicyclic) bond motifs is 2. The lowest BCUT2D eigenvalue weighted by Gasteiger charge is -2.24. The summed E-state index contributed by atoms with van der Waals surface area (Å²) in [7, 11) is 0. The third-order valence-electron chi connectivity index (χ3n) is 4.28. The second kappa shape index (κ2) is 5.54. The highest BCUT2D eigenvalue weighted by Gasteiger charge is 2.23. The lowest BCUT2D eigenvalue weighted by Crippen LogP contribution is -2.28. The van der Waals surface area contributed by atoms with Gasteiger partial charge >= 0.3 is 0 Å². The van der Waals surface area contributed by atoms with Gasteiger partial charge in [0.15, 0.2) is 0 Å². The number of nitrogens with one attached hydrogen (secondary N) is 1. The van der Waals surface area contributed by atoms with E-state index >= 15 is 0 Å². The quantitative estimate of drug-likeness (QED) is 0.872. The molecule has 1 atom stereocenters. The molecule has 1 heterocycles. The van der Waals surface area contributed by atoms with E-state index in [9.17, 15) is 0 Å². The molecule has 2 aliphatic rings. The first-order valence-corrected chi connectivity index (χ1v) is 7.78. The Morgan fingerprint density at radius 3 is 2.58 bits per heavy atom.